The minimum absolute atomic E-state index is 0.000741. The Morgan fingerprint density at radius 1 is 1.25 bits per heavy atom. The molecule has 1 aliphatic carbocycles. The van der Waals surface area contributed by atoms with Crippen LogP contribution in [0.1, 0.15) is 36.4 Å². The Labute approximate surface area is 118 Å². The van der Waals surface area contributed by atoms with E-state index in [0.29, 0.717) is 0 Å². The lowest BCUT2D eigenvalue weighted by molar-refractivity contribution is -0.130. The molecule has 20 heavy (non-hydrogen) atoms. The first-order valence-corrected chi connectivity index (χ1v) is 8.46. The zero-order valence-corrected chi connectivity index (χ0v) is 12.0. The lowest BCUT2D eigenvalue weighted by Crippen LogP contribution is -2.35. The first kappa shape index (κ1) is 13.6. The van der Waals surface area contributed by atoms with E-state index in [-0.39, 0.29) is 24.9 Å². The normalized spacial score (nSPS) is 26.6. The van der Waals surface area contributed by atoms with Crippen molar-refractivity contribution in [2.75, 3.05) is 6.54 Å². The van der Waals surface area contributed by atoms with Crippen molar-refractivity contribution in [2.45, 2.75) is 37.0 Å². The fraction of sp³-hybridized carbons (Fsp3) is 0.500. The molecule has 1 heterocycles. The summed E-state index contributed by atoms with van der Waals surface area (Å²) in [4.78, 5) is 13.8. The molecular formula is C14H18N2O3S. The minimum Gasteiger partial charge on any atom is -0.334 e. The number of nitrogens with zero attached hydrogens (tertiary/aromatic N) is 1. The van der Waals surface area contributed by atoms with Gasteiger partial charge >= 0.3 is 0 Å². The molecule has 2 unspecified atom stereocenters. The second-order valence-electron chi connectivity index (χ2n) is 5.57. The highest BCUT2D eigenvalue weighted by atomic mass is 32.2. The molecule has 0 spiro atoms. The van der Waals surface area contributed by atoms with E-state index in [1.165, 1.54) is 5.56 Å². The Morgan fingerprint density at radius 2 is 2.00 bits per heavy atom. The van der Waals surface area contributed by atoms with Crippen molar-refractivity contribution in [1.29, 1.82) is 0 Å². The van der Waals surface area contributed by atoms with Crippen molar-refractivity contribution in [1.82, 2.24) is 4.90 Å². The zero-order chi connectivity index (χ0) is 14.3. The van der Waals surface area contributed by atoms with Crippen molar-refractivity contribution in [3.05, 3.63) is 35.4 Å². The van der Waals surface area contributed by atoms with E-state index >= 15 is 0 Å². The second-order valence-corrected chi connectivity index (χ2v) is 7.41. The lowest BCUT2D eigenvalue weighted by atomic mass is 9.87. The molecule has 1 aromatic rings. The van der Waals surface area contributed by atoms with Gasteiger partial charge in [-0.1, -0.05) is 24.3 Å². The van der Waals surface area contributed by atoms with E-state index < -0.39 is 15.3 Å². The monoisotopic (exact) mass is 294 g/mol. The molecule has 2 N–H and O–H groups in total. The third-order valence-electron chi connectivity index (χ3n) is 4.30. The van der Waals surface area contributed by atoms with Gasteiger partial charge in [0.05, 0.1) is 6.04 Å². The summed E-state index contributed by atoms with van der Waals surface area (Å²) in [6, 6.07) is 8.09. The number of carbonyl (C=O) groups excluding carboxylic acids is 1. The van der Waals surface area contributed by atoms with Crippen LogP contribution in [0.4, 0.5) is 0 Å². The Balaban J connectivity index is 1.90. The van der Waals surface area contributed by atoms with E-state index in [4.69, 9.17) is 5.14 Å². The van der Waals surface area contributed by atoms with Crippen LogP contribution in [0.5, 0.6) is 0 Å². The Bertz CT molecular complexity index is 642. The Morgan fingerprint density at radius 3 is 2.70 bits per heavy atom. The van der Waals surface area contributed by atoms with Gasteiger partial charge in [0, 0.05) is 13.0 Å². The summed E-state index contributed by atoms with van der Waals surface area (Å²) in [7, 11) is -3.65. The van der Waals surface area contributed by atoms with E-state index in [9.17, 15) is 13.2 Å². The largest absolute Gasteiger partial charge is 0.334 e. The third kappa shape index (κ3) is 2.33. The fourth-order valence-electron chi connectivity index (χ4n) is 3.27. The van der Waals surface area contributed by atoms with Gasteiger partial charge < -0.3 is 4.90 Å². The number of carbonyl (C=O) groups is 1. The van der Waals surface area contributed by atoms with Crippen molar-refractivity contribution in [3.8, 4) is 0 Å². The molecule has 1 amide bonds. The van der Waals surface area contributed by atoms with Crippen LogP contribution in [-0.4, -0.2) is 31.0 Å². The molecule has 5 nitrogen and oxygen atoms in total. The molecule has 2 atom stereocenters. The molecule has 108 valence electrons. The summed E-state index contributed by atoms with van der Waals surface area (Å²) in [5, 5.41) is 4.42. The van der Waals surface area contributed by atoms with Gasteiger partial charge in [0.2, 0.25) is 15.9 Å². The summed E-state index contributed by atoms with van der Waals surface area (Å²) in [6.45, 7) is 0.219. The van der Waals surface area contributed by atoms with Crippen LogP contribution < -0.4 is 5.14 Å². The SMILES string of the molecule is NS(=O)(=O)C1CC(=O)N(C2CCCc3ccccc32)C1. The topological polar surface area (TPSA) is 80.5 Å². The number of primary sulfonamides is 1. The number of fused-ring (bicyclic) bond motifs is 1. The highest BCUT2D eigenvalue weighted by Crippen LogP contribution is 2.37. The molecule has 6 heteroatoms. The molecule has 1 fully saturated rings. The fourth-order valence-corrected chi connectivity index (χ4v) is 4.01. The molecule has 0 saturated carbocycles. The number of amides is 1. The van der Waals surface area contributed by atoms with Gasteiger partial charge in [-0.3, -0.25) is 4.79 Å². The predicted molar refractivity (Wildman–Crippen MR) is 75.3 cm³/mol. The summed E-state index contributed by atoms with van der Waals surface area (Å²) < 4.78 is 22.9. The van der Waals surface area contributed by atoms with Gasteiger partial charge in [-0.2, -0.15) is 0 Å². The van der Waals surface area contributed by atoms with Crippen LogP contribution in [0.25, 0.3) is 0 Å². The van der Waals surface area contributed by atoms with E-state index in [1.54, 1.807) is 4.90 Å². The minimum atomic E-state index is -3.65. The van der Waals surface area contributed by atoms with Crippen molar-refractivity contribution >= 4 is 15.9 Å². The average molecular weight is 294 g/mol. The zero-order valence-electron chi connectivity index (χ0n) is 11.2. The third-order valence-corrected chi connectivity index (χ3v) is 5.55. The van der Waals surface area contributed by atoms with Crippen molar-refractivity contribution < 1.29 is 13.2 Å². The van der Waals surface area contributed by atoms with Gasteiger partial charge in [0.15, 0.2) is 0 Å². The molecule has 1 saturated heterocycles. The van der Waals surface area contributed by atoms with Gasteiger partial charge in [0.1, 0.15) is 5.25 Å². The number of likely N-dealkylation sites (tertiary alicyclic amines) is 1. The Kier molecular flexibility index (Phi) is 3.30. The van der Waals surface area contributed by atoms with Gasteiger partial charge in [0.25, 0.3) is 0 Å². The molecule has 2 aliphatic rings. The summed E-state index contributed by atoms with van der Waals surface area (Å²) >= 11 is 0. The number of rotatable bonds is 2. The Hall–Kier alpha value is -1.40. The predicted octanol–water partition coefficient (Wildman–Crippen LogP) is 0.953. The second kappa shape index (κ2) is 4.86. The first-order chi connectivity index (χ1) is 9.47. The van der Waals surface area contributed by atoms with Crippen LogP contribution >= 0.6 is 0 Å². The number of aryl methyl sites for hydroxylation is 1. The summed E-state index contributed by atoms with van der Waals surface area (Å²) in [5.74, 6) is -0.106. The summed E-state index contributed by atoms with van der Waals surface area (Å²) in [5.41, 5.74) is 2.41. The number of hydrogen-bond acceptors (Lipinski definition) is 3. The van der Waals surface area contributed by atoms with Gasteiger partial charge in [-0.25, -0.2) is 13.6 Å². The van der Waals surface area contributed by atoms with E-state index in [0.717, 1.165) is 24.8 Å². The molecule has 1 aliphatic heterocycles. The maximum atomic E-state index is 12.1. The highest BCUT2D eigenvalue weighted by Gasteiger charge is 2.40. The van der Waals surface area contributed by atoms with Crippen molar-refractivity contribution in [2.24, 2.45) is 5.14 Å². The molecule has 3 rings (SSSR count). The van der Waals surface area contributed by atoms with Crippen LogP contribution in [0.3, 0.4) is 0 Å². The maximum Gasteiger partial charge on any atom is 0.224 e. The van der Waals surface area contributed by atoms with Crippen LogP contribution in [0.2, 0.25) is 0 Å². The molecule has 0 bridgehead atoms. The van der Waals surface area contributed by atoms with Crippen LogP contribution in [-0.2, 0) is 21.2 Å². The number of sulfonamides is 1. The first-order valence-electron chi connectivity index (χ1n) is 6.85. The number of nitrogens with two attached hydrogens (primary N) is 1. The average Bonchev–Trinajstić information content (AvgIpc) is 2.80. The van der Waals surface area contributed by atoms with E-state index in [1.807, 2.05) is 18.2 Å². The number of benzene rings is 1. The highest BCUT2D eigenvalue weighted by molar-refractivity contribution is 7.89. The maximum absolute atomic E-state index is 12.1. The van der Waals surface area contributed by atoms with Crippen LogP contribution in [0.15, 0.2) is 24.3 Å². The quantitative estimate of drug-likeness (QED) is 0.882. The van der Waals surface area contributed by atoms with Gasteiger partial charge in [-0.05, 0) is 30.4 Å². The molecule has 1 aromatic carbocycles. The van der Waals surface area contributed by atoms with E-state index in [2.05, 4.69) is 6.07 Å². The standard InChI is InChI=1S/C14H18N2O3S/c15-20(18,19)11-8-14(17)16(9-11)13-7-3-5-10-4-1-2-6-12(10)13/h1-2,4,6,11,13H,3,5,7-9H2,(H2,15,18,19). The van der Waals surface area contributed by atoms with Crippen molar-refractivity contribution in [3.63, 3.8) is 0 Å². The van der Waals surface area contributed by atoms with Crippen LogP contribution in [0, 0.1) is 0 Å². The number of hydrogen-bond donors (Lipinski definition) is 1. The molecule has 0 aromatic heterocycles. The summed E-state index contributed by atoms with van der Waals surface area (Å²) in [6.07, 6.45) is 2.94. The molecular weight excluding hydrogens is 276 g/mol. The van der Waals surface area contributed by atoms with Gasteiger partial charge in [-0.15, -0.1) is 0 Å². The molecule has 0 radical (unpaired) electrons. The smallest absolute Gasteiger partial charge is 0.224 e. The lowest BCUT2D eigenvalue weighted by Gasteiger charge is -2.33.